The number of hydrogen-bond acceptors (Lipinski definition) is 5. The number of amides is 2. The van der Waals surface area contributed by atoms with Crippen molar-refractivity contribution in [2.45, 2.75) is 58.0 Å². The maximum atomic E-state index is 13.2. The molecule has 3 unspecified atom stereocenters. The third kappa shape index (κ3) is 5.29. The van der Waals surface area contributed by atoms with Gasteiger partial charge in [0.15, 0.2) is 5.78 Å². The van der Waals surface area contributed by atoms with Crippen molar-refractivity contribution in [2.24, 2.45) is 11.7 Å². The van der Waals surface area contributed by atoms with Gasteiger partial charge in [-0.15, -0.1) is 13.2 Å². The van der Waals surface area contributed by atoms with E-state index in [0.717, 1.165) is 18.2 Å². The maximum Gasteiger partial charge on any atom is 0.573 e. The van der Waals surface area contributed by atoms with Crippen molar-refractivity contribution in [2.75, 3.05) is 6.61 Å². The van der Waals surface area contributed by atoms with E-state index in [1.807, 2.05) is 13.8 Å². The lowest BCUT2D eigenvalue weighted by Gasteiger charge is -2.30. The van der Waals surface area contributed by atoms with Gasteiger partial charge in [-0.05, 0) is 49.9 Å². The number of nitrogens with two attached hydrogens (primary N) is 1. The molecule has 0 bridgehead atoms. The fraction of sp³-hybridized carbons (Fsp3) is 0.550. The lowest BCUT2D eigenvalue weighted by Crippen LogP contribution is -2.56. The highest BCUT2D eigenvalue weighted by atomic mass is 19.4. The van der Waals surface area contributed by atoms with Crippen molar-refractivity contribution in [1.29, 1.82) is 0 Å². The molecule has 1 aromatic carbocycles. The molecule has 0 aliphatic carbocycles. The number of primary amides is 1. The molecule has 3 N–H and O–H groups in total. The third-order valence-electron chi connectivity index (χ3n) is 5.16. The summed E-state index contributed by atoms with van der Waals surface area (Å²) in [6.07, 6.45) is -5.34. The number of carbonyl (C=O) groups is 3. The van der Waals surface area contributed by atoms with Crippen LogP contribution < -0.4 is 15.8 Å². The molecule has 1 heterocycles. The fourth-order valence-electron chi connectivity index (χ4n) is 3.36. The van der Waals surface area contributed by atoms with Gasteiger partial charge in [-0.2, -0.15) is 0 Å². The highest BCUT2D eigenvalue weighted by molar-refractivity contribution is 5.99. The highest BCUT2D eigenvalue weighted by Crippen LogP contribution is 2.33. The number of carbonyl (C=O) groups excluding carboxylic acids is 3. The average molecular weight is 430 g/mol. The molecule has 0 saturated carbocycles. The molecule has 7 nitrogen and oxygen atoms in total. The fourth-order valence-corrected chi connectivity index (χ4v) is 3.36. The van der Waals surface area contributed by atoms with Gasteiger partial charge in [0.1, 0.15) is 17.9 Å². The van der Waals surface area contributed by atoms with Crippen LogP contribution in [0.1, 0.15) is 56.0 Å². The Morgan fingerprint density at radius 2 is 2.00 bits per heavy atom. The lowest BCUT2D eigenvalue weighted by molar-refractivity contribution is -0.274. The van der Waals surface area contributed by atoms with E-state index in [4.69, 9.17) is 10.5 Å². The van der Waals surface area contributed by atoms with Crippen molar-refractivity contribution in [3.05, 3.63) is 29.3 Å². The summed E-state index contributed by atoms with van der Waals surface area (Å²) in [4.78, 5) is 37.3. The van der Waals surface area contributed by atoms with Gasteiger partial charge < -0.3 is 20.5 Å². The number of ketones is 1. The minimum atomic E-state index is -4.95. The number of ether oxygens (including phenoxy) is 2. The van der Waals surface area contributed by atoms with E-state index in [0.29, 0.717) is 0 Å². The molecule has 1 saturated heterocycles. The van der Waals surface area contributed by atoms with Crippen LogP contribution in [0.25, 0.3) is 0 Å². The number of Topliss-reactive ketones (excluding diaryl/α,β-unsaturated/α-hetero) is 1. The van der Waals surface area contributed by atoms with Gasteiger partial charge in [0.2, 0.25) is 11.8 Å². The van der Waals surface area contributed by atoms with Gasteiger partial charge in [0.05, 0.1) is 12.0 Å². The summed E-state index contributed by atoms with van der Waals surface area (Å²) in [6, 6.07) is 3.03. The number of benzene rings is 1. The molecule has 10 heteroatoms. The molecule has 1 aliphatic heterocycles. The molecular weight excluding hydrogens is 405 g/mol. The number of alkyl halides is 3. The van der Waals surface area contributed by atoms with Crippen LogP contribution in [0, 0.1) is 5.92 Å². The number of rotatable bonds is 7. The molecule has 2 amide bonds. The topological polar surface area (TPSA) is 108 Å². The van der Waals surface area contributed by atoms with Gasteiger partial charge in [0.25, 0.3) is 0 Å². The van der Waals surface area contributed by atoms with Gasteiger partial charge in [-0.25, -0.2) is 0 Å². The van der Waals surface area contributed by atoms with Crippen LogP contribution in [0.4, 0.5) is 13.2 Å². The zero-order valence-corrected chi connectivity index (χ0v) is 17.1. The first kappa shape index (κ1) is 23.7. The first-order valence-corrected chi connectivity index (χ1v) is 9.41. The van der Waals surface area contributed by atoms with Crippen LogP contribution >= 0.6 is 0 Å². The van der Waals surface area contributed by atoms with Crippen molar-refractivity contribution in [1.82, 2.24) is 5.32 Å². The summed E-state index contributed by atoms with van der Waals surface area (Å²) >= 11 is 0. The zero-order chi connectivity index (χ0) is 22.9. The maximum absolute atomic E-state index is 13.2. The molecule has 0 radical (unpaired) electrons. The van der Waals surface area contributed by atoms with Crippen molar-refractivity contribution >= 4 is 17.6 Å². The van der Waals surface area contributed by atoms with Gasteiger partial charge in [0, 0.05) is 5.56 Å². The molecule has 166 valence electrons. The van der Waals surface area contributed by atoms with Crippen LogP contribution in [0.15, 0.2) is 18.2 Å². The average Bonchev–Trinajstić information content (AvgIpc) is 2.85. The van der Waals surface area contributed by atoms with Crippen LogP contribution in [-0.4, -0.2) is 42.2 Å². The van der Waals surface area contributed by atoms with Gasteiger partial charge in [-0.1, -0.05) is 13.8 Å². The second-order valence-corrected chi connectivity index (χ2v) is 7.91. The van der Waals surface area contributed by atoms with Crippen LogP contribution in [0.5, 0.6) is 5.75 Å². The van der Waals surface area contributed by atoms with Crippen LogP contribution in [0.2, 0.25) is 0 Å². The van der Waals surface area contributed by atoms with E-state index in [2.05, 4.69) is 10.1 Å². The number of nitrogens with one attached hydrogen (secondary N) is 1. The predicted octanol–water partition coefficient (Wildman–Crippen LogP) is 2.68. The Morgan fingerprint density at radius 3 is 2.47 bits per heavy atom. The van der Waals surface area contributed by atoms with E-state index < -0.39 is 41.5 Å². The zero-order valence-electron chi connectivity index (χ0n) is 17.1. The largest absolute Gasteiger partial charge is 0.573 e. The second kappa shape index (κ2) is 8.63. The normalized spacial score (nSPS) is 22.8. The van der Waals surface area contributed by atoms with Crippen LogP contribution in [-0.2, 0) is 14.3 Å². The Labute approximate surface area is 172 Å². The van der Waals surface area contributed by atoms with Crippen LogP contribution in [0.3, 0.4) is 0 Å². The Hall–Kier alpha value is -2.62. The van der Waals surface area contributed by atoms with E-state index in [-0.39, 0.29) is 35.9 Å². The Kier molecular flexibility index (Phi) is 6.80. The molecule has 1 aromatic rings. The first-order valence-electron chi connectivity index (χ1n) is 9.41. The molecule has 0 aromatic heterocycles. The van der Waals surface area contributed by atoms with E-state index >= 15 is 0 Å². The summed E-state index contributed by atoms with van der Waals surface area (Å²) in [7, 11) is 0. The smallest absolute Gasteiger partial charge is 0.406 e. The van der Waals surface area contributed by atoms with Gasteiger partial charge in [-0.3, -0.25) is 14.4 Å². The summed E-state index contributed by atoms with van der Waals surface area (Å²) in [6.45, 7) is 6.63. The Bertz CT molecular complexity index is 840. The monoisotopic (exact) mass is 430 g/mol. The van der Waals surface area contributed by atoms with E-state index in [9.17, 15) is 27.6 Å². The Balaban J connectivity index is 2.49. The second-order valence-electron chi connectivity index (χ2n) is 7.91. The lowest BCUT2D eigenvalue weighted by atomic mass is 9.84. The third-order valence-corrected chi connectivity index (χ3v) is 5.16. The van der Waals surface area contributed by atoms with E-state index in [1.54, 1.807) is 6.92 Å². The summed E-state index contributed by atoms with van der Waals surface area (Å²) in [5.41, 5.74) is 3.99. The summed E-state index contributed by atoms with van der Waals surface area (Å²) in [5.74, 6) is -3.52. The molecule has 1 fully saturated rings. The first-order chi connectivity index (χ1) is 13.7. The molecule has 0 spiro atoms. The number of halogens is 3. The Morgan fingerprint density at radius 1 is 1.37 bits per heavy atom. The predicted molar refractivity (Wildman–Crippen MR) is 101 cm³/mol. The minimum absolute atomic E-state index is 0.00179. The summed E-state index contributed by atoms with van der Waals surface area (Å²) < 4.78 is 47.2. The minimum Gasteiger partial charge on any atom is -0.406 e. The van der Waals surface area contributed by atoms with E-state index in [1.165, 1.54) is 6.92 Å². The summed E-state index contributed by atoms with van der Waals surface area (Å²) in [5, 5.41) is 2.66. The highest BCUT2D eigenvalue weighted by Gasteiger charge is 2.47. The molecule has 2 rings (SSSR count). The van der Waals surface area contributed by atoms with Gasteiger partial charge >= 0.3 is 6.36 Å². The molecule has 3 atom stereocenters. The standard InChI is InChI=1S/C20H25F3N2O5/c1-10(2)7-15(18(28)25-19(4)11(3)29-9-16(19)26)14-8-12(30-20(21,22)23)5-6-13(14)17(24)27/h5-6,8,10-11,15H,7,9H2,1-4H3,(H2,24,27)(H,25,28). The van der Waals surface area contributed by atoms with Crippen molar-refractivity contribution in [3.8, 4) is 5.75 Å². The quantitative estimate of drug-likeness (QED) is 0.692. The van der Waals surface area contributed by atoms with Crippen molar-refractivity contribution < 1.29 is 37.0 Å². The number of hydrogen-bond donors (Lipinski definition) is 2. The SMILES string of the molecule is CC(C)CC(C(=O)NC1(C)C(=O)COC1C)c1cc(OC(F)(F)F)ccc1C(N)=O. The molecule has 30 heavy (non-hydrogen) atoms. The van der Waals surface area contributed by atoms with Crippen molar-refractivity contribution in [3.63, 3.8) is 0 Å². The molecule has 1 aliphatic rings. The molecular formula is C20H25F3N2O5.